The molecule has 1 spiro atoms. The molecule has 0 saturated carbocycles. The number of primary sulfonamides is 1. The van der Waals surface area contributed by atoms with E-state index in [2.05, 4.69) is 0 Å². The number of benzene rings is 1. The second kappa shape index (κ2) is 6.57. The van der Waals surface area contributed by atoms with Crippen LogP contribution < -0.4 is 5.14 Å². The Morgan fingerprint density at radius 1 is 1.30 bits per heavy atom. The van der Waals surface area contributed by atoms with Crippen molar-refractivity contribution in [3.63, 3.8) is 0 Å². The van der Waals surface area contributed by atoms with E-state index >= 15 is 0 Å². The van der Waals surface area contributed by atoms with Gasteiger partial charge < -0.3 is 14.5 Å². The second-order valence-corrected chi connectivity index (χ2v) is 9.13. The zero-order chi connectivity index (χ0) is 19.2. The van der Waals surface area contributed by atoms with Gasteiger partial charge in [-0.3, -0.25) is 9.59 Å². The van der Waals surface area contributed by atoms with E-state index in [9.17, 15) is 18.0 Å². The monoisotopic (exact) mass is 393 g/mol. The van der Waals surface area contributed by atoms with E-state index in [4.69, 9.17) is 9.88 Å². The highest BCUT2D eigenvalue weighted by Crippen LogP contribution is 2.50. The van der Waals surface area contributed by atoms with Crippen LogP contribution in [0.4, 0.5) is 0 Å². The zero-order valence-corrected chi connectivity index (χ0v) is 15.7. The van der Waals surface area contributed by atoms with Crippen molar-refractivity contribution in [1.29, 1.82) is 0 Å². The molecular formula is C18H23N3O5S. The summed E-state index contributed by atoms with van der Waals surface area (Å²) in [6.45, 7) is 0.997. The molecule has 0 unspecified atom stereocenters. The molecule has 146 valence electrons. The van der Waals surface area contributed by atoms with Gasteiger partial charge >= 0.3 is 0 Å². The van der Waals surface area contributed by atoms with Gasteiger partial charge in [0.15, 0.2) is 5.72 Å². The number of carbonyl (C=O) groups is 2. The van der Waals surface area contributed by atoms with Gasteiger partial charge in [0.2, 0.25) is 21.8 Å². The summed E-state index contributed by atoms with van der Waals surface area (Å²) in [5.41, 5.74) is 0.262. The fourth-order valence-electron chi connectivity index (χ4n) is 4.53. The van der Waals surface area contributed by atoms with Gasteiger partial charge in [0.05, 0.1) is 24.8 Å². The second-order valence-electron chi connectivity index (χ2n) is 7.39. The molecular weight excluding hydrogens is 370 g/mol. The smallest absolute Gasteiger partial charge is 0.227 e. The quantitative estimate of drug-likeness (QED) is 0.776. The van der Waals surface area contributed by atoms with Crippen LogP contribution in [0.1, 0.15) is 37.4 Å². The Morgan fingerprint density at radius 2 is 2.04 bits per heavy atom. The van der Waals surface area contributed by atoms with Crippen LogP contribution in [-0.2, 0) is 24.3 Å². The lowest BCUT2D eigenvalue weighted by Gasteiger charge is -2.32. The van der Waals surface area contributed by atoms with Crippen LogP contribution in [-0.4, -0.2) is 60.6 Å². The molecule has 2 amide bonds. The van der Waals surface area contributed by atoms with Crippen molar-refractivity contribution < 1.29 is 22.7 Å². The van der Waals surface area contributed by atoms with E-state index in [1.165, 1.54) is 0 Å². The van der Waals surface area contributed by atoms with Crippen LogP contribution in [0.2, 0.25) is 0 Å². The number of hydrogen-bond acceptors (Lipinski definition) is 5. The van der Waals surface area contributed by atoms with E-state index in [0.717, 1.165) is 5.56 Å². The standard InChI is InChI=1S/C18H23N3O5S/c19-27(24,25)10-4-7-16(22)20-9-8-18-15(20)11-17(23)21(18)12-14(26-18)13-5-2-1-3-6-13/h1-3,5-6,14-15H,4,7-12H2,(H2,19,24,25)/t14-,15-,18+/m1/s1. The number of hydrogen-bond donors (Lipinski definition) is 1. The lowest BCUT2D eigenvalue weighted by Crippen LogP contribution is -2.48. The lowest BCUT2D eigenvalue weighted by atomic mass is 10.1. The number of carbonyl (C=O) groups excluding carboxylic acids is 2. The van der Waals surface area contributed by atoms with E-state index in [1.807, 2.05) is 30.3 Å². The van der Waals surface area contributed by atoms with E-state index in [-0.39, 0.29) is 49.0 Å². The first-order valence-corrected chi connectivity index (χ1v) is 10.8. The Kier molecular flexibility index (Phi) is 4.48. The first-order chi connectivity index (χ1) is 12.8. The summed E-state index contributed by atoms with van der Waals surface area (Å²) < 4.78 is 28.5. The molecule has 3 heterocycles. The summed E-state index contributed by atoms with van der Waals surface area (Å²) in [7, 11) is -3.58. The van der Waals surface area contributed by atoms with Gasteiger partial charge in [-0.15, -0.1) is 0 Å². The van der Waals surface area contributed by atoms with Gasteiger partial charge in [0.1, 0.15) is 6.10 Å². The van der Waals surface area contributed by atoms with Crippen molar-refractivity contribution in [3.05, 3.63) is 35.9 Å². The number of likely N-dealkylation sites (tertiary alicyclic amines) is 1. The Morgan fingerprint density at radius 3 is 2.74 bits per heavy atom. The van der Waals surface area contributed by atoms with Crippen LogP contribution >= 0.6 is 0 Å². The molecule has 8 nitrogen and oxygen atoms in total. The molecule has 1 aromatic carbocycles. The fourth-order valence-corrected chi connectivity index (χ4v) is 5.08. The zero-order valence-electron chi connectivity index (χ0n) is 14.9. The number of amides is 2. The fraction of sp³-hybridized carbons (Fsp3) is 0.556. The molecule has 0 radical (unpaired) electrons. The largest absolute Gasteiger partial charge is 0.343 e. The third kappa shape index (κ3) is 3.24. The van der Waals surface area contributed by atoms with Crippen LogP contribution in [0.3, 0.4) is 0 Å². The Hall–Kier alpha value is -1.97. The minimum Gasteiger partial charge on any atom is -0.343 e. The third-order valence-corrected chi connectivity index (χ3v) is 6.60. The summed E-state index contributed by atoms with van der Waals surface area (Å²) in [6.07, 6.45) is 0.907. The van der Waals surface area contributed by atoms with Crippen molar-refractivity contribution in [3.8, 4) is 0 Å². The molecule has 0 aliphatic carbocycles. The van der Waals surface area contributed by atoms with Crippen LogP contribution in [0, 0.1) is 0 Å². The van der Waals surface area contributed by atoms with Crippen molar-refractivity contribution in [2.45, 2.75) is 43.6 Å². The van der Waals surface area contributed by atoms with Gasteiger partial charge in [0, 0.05) is 19.4 Å². The number of ether oxygens (including phenoxy) is 1. The molecule has 0 aromatic heterocycles. The molecule has 3 aliphatic heterocycles. The van der Waals surface area contributed by atoms with Crippen LogP contribution in [0.15, 0.2) is 30.3 Å². The van der Waals surface area contributed by atoms with Crippen molar-refractivity contribution in [1.82, 2.24) is 9.80 Å². The van der Waals surface area contributed by atoms with Gasteiger partial charge in [-0.05, 0) is 12.0 Å². The van der Waals surface area contributed by atoms with E-state index < -0.39 is 15.7 Å². The van der Waals surface area contributed by atoms with Crippen molar-refractivity contribution >= 4 is 21.8 Å². The van der Waals surface area contributed by atoms with Crippen molar-refractivity contribution in [2.75, 3.05) is 18.8 Å². The van der Waals surface area contributed by atoms with Gasteiger partial charge in [-0.1, -0.05) is 30.3 Å². The first kappa shape index (κ1) is 18.4. The first-order valence-electron chi connectivity index (χ1n) is 9.13. The minimum absolute atomic E-state index is 0.000432. The average molecular weight is 393 g/mol. The van der Waals surface area contributed by atoms with Gasteiger partial charge in [-0.25, -0.2) is 13.6 Å². The number of nitrogens with zero attached hydrogens (tertiary/aromatic N) is 2. The molecule has 4 rings (SSSR count). The van der Waals surface area contributed by atoms with Gasteiger partial charge in [0.25, 0.3) is 0 Å². The Labute approximate surface area is 158 Å². The van der Waals surface area contributed by atoms with E-state index in [0.29, 0.717) is 19.5 Å². The number of sulfonamides is 1. The summed E-state index contributed by atoms with van der Waals surface area (Å²) in [5, 5.41) is 4.99. The normalized spacial score (nSPS) is 29.9. The minimum atomic E-state index is -3.58. The summed E-state index contributed by atoms with van der Waals surface area (Å²) in [4.78, 5) is 28.7. The highest BCUT2D eigenvalue weighted by atomic mass is 32.2. The Balaban J connectivity index is 1.49. The average Bonchev–Trinajstić information content (AvgIpc) is 3.23. The molecule has 3 atom stereocenters. The molecule has 1 aromatic rings. The van der Waals surface area contributed by atoms with Crippen LogP contribution in [0.5, 0.6) is 0 Å². The van der Waals surface area contributed by atoms with Crippen LogP contribution in [0.25, 0.3) is 0 Å². The predicted octanol–water partition coefficient (Wildman–Crippen LogP) is 0.356. The Bertz CT molecular complexity index is 859. The van der Waals surface area contributed by atoms with E-state index in [1.54, 1.807) is 9.80 Å². The maximum absolute atomic E-state index is 12.6. The molecule has 3 fully saturated rings. The topological polar surface area (TPSA) is 110 Å². The molecule has 2 N–H and O–H groups in total. The number of rotatable bonds is 5. The third-order valence-electron chi connectivity index (χ3n) is 5.74. The summed E-state index contributed by atoms with van der Waals surface area (Å²) in [5.74, 6) is -0.373. The molecule has 9 heteroatoms. The summed E-state index contributed by atoms with van der Waals surface area (Å²) in [6, 6.07) is 9.45. The maximum atomic E-state index is 12.6. The van der Waals surface area contributed by atoms with Crippen molar-refractivity contribution in [2.24, 2.45) is 5.14 Å². The lowest BCUT2D eigenvalue weighted by molar-refractivity contribution is -0.142. The molecule has 3 saturated heterocycles. The molecule has 3 aliphatic rings. The SMILES string of the molecule is NS(=O)(=O)CCCC(=O)N1CC[C@@]23O[C@@H](c4ccccc4)CN2C(=O)C[C@@H]13. The molecule has 0 bridgehead atoms. The highest BCUT2D eigenvalue weighted by molar-refractivity contribution is 7.89. The van der Waals surface area contributed by atoms with Gasteiger partial charge in [-0.2, -0.15) is 0 Å². The predicted molar refractivity (Wildman–Crippen MR) is 96.7 cm³/mol. The maximum Gasteiger partial charge on any atom is 0.227 e. The highest BCUT2D eigenvalue weighted by Gasteiger charge is 2.64. The molecule has 27 heavy (non-hydrogen) atoms. The summed E-state index contributed by atoms with van der Waals surface area (Å²) >= 11 is 0. The number of nitrogens with two attached hydrogens (primary N) is 1.